The molecule has 3 heteroatoms. The van der Waals surface area contributed by atoms with Gasteiger partial charge in [-0.1, -0.05) is 38.1 Å². The zero-order valence-electron chi connectivity index (χ0n) is 12.5. The standard InChI is InChI=1S/C16H26N2O/c1-12(2)15-8-6-14(7-9-15)11-18(4)16(19)10-5-13(3)17/h6-9,12-13H,5,10-11,17H2,1-4H3. The van der Waals surface area contributed by atoms with Gasteiger partial charge in [0.1, 0.15) is 0 Å². The number of nitrogens with zero attached hydrogens (tertiary/aromatic N) is 1. The highest BCUT2D eigenvalue weighted by atomic mass is 16.2. The fourth-order valence-electron chi connectivity index (χ4n) is 1.91. The van der Waals surface area contributed by atoms with Gasteiger partial charge >= 0.3 is 0 Å². The molecule has 0 aromatic heterocycles. The zero-order chi connectivity index (χ0) is 14.4. The lowest BCUT2D eigenvalue weighted by Crippen LogP contribution is -2.28. The second kappa shape index (κ2) is 7.29. The van der Waals surface area contributed by atoms with E-state index in [0.29, 0.717) is 18.9 Å². The molecule has 19 heavy (non-hydrogen) atoms. The van der Waals surface area contributed by atoms with Crippen molar-refractivity contribution < 1.29 is 4.79 Å². The Labute approximate surface area is 116 Å². The quantitative estimate of drug-likeness (QED) is 0.857. The van der Waals surface area contributed by atoms with Crippen LogP contribution in [0.25, 0.3) is 0 Å². The molecular formula is C16H26N2O. The maximum atomic E-state index is 11.9. The zero-order valence-corrected chi connectivity index (χ0v) is 12.5. The maximum absolute atomic E-state index is 11.9. The number of hydrogen-bond donors (Lipinski definition) is 1. The summed E-state index contributed by atoms with van der Waals surface area (Å²) in [4.78, 5) is 13.7. The van der Waals surface area contributed by atoms with E-state index in [1.165, 1.54) is 11.1 Å². The summed E-state index contributed by atoms with van der Waals surface area (Å²) >= 11 is 0. The molecule has 0 fully saturated rings. The van der Waals surface area contributed by atoms with Crippen LogP contribution in [-0.2, 0) is 11.3 Å². The van der Waals surface area contributed by atoms with Gasteiger partial charge in [0.15, 0.2) is 0 Å². The Bertz CT molecular complexity index is 396. The van der Waals surface area contributed by atoms with E-state index in [1.807, 2.05) is 14.0 Å². The van der Waals surface area contributed by atoms with Crippen LogP contribution in [0.4, 0.5) is 0 Å². The Kier molecular flexibility index (Phi) is 6.03. The Morgan fingerprint density at radius 3 is 2.26 bits per heavy atom. The molecule has 1 aromatic rings. The number of rotatable bonds is 6. The minimum Gasteiger partial charge on any atom is -0.341 e. The van der Waals surface area contributed by atoms with Crippen molar-refractivity contribution in [2.75, 3.05) is 7.05 Å². The summed E-state index contributed by atoms with van der Waals surface area (Å²) in [5, 5.41) is 0. The van der Waals surface area contributed by atoms with Crippen LogP contribution in [0, 0.1) is 0 Å². The van der Waals surface area contributed by atoms with Crippen LogP contribution in [0.3, 0.4) is 0 Å². The summed E-state index contributed by atoms with van der Waals surface area (Å²) in [5.41, 5.74) is 8.16. The summed E-state index contributed by atoms with van der Waals surface area (Å²) in [6.07, 6.45) is 1.27. The van der Waals surface area contributed by atoms with Crippen molar-refractivity contribution in [3.05, 3.63) is 35.4 Å². The van der Waals surface area contributed by atoms with Gasteiger partial charge < -0.3 is 10.6 Å². The summed E-state index contributed by atoms with van der Waals surface area (Å²) in [7, 11) is 1.85. The van der Waals surface area contributed by atoms with E-state index < -0.39 is 0 Å². The first-order valence-corrected chi connectivity index (χ1v) is 6.98. The smallest absolute Gasteiger partial charge is 0.222 e. The molecule has 0 radical (unpaired) electrons. The average Bonchev–Trinajstić information content (AvgIpc) is 2.36. The molecule has 0 saturated carbocycles. The monoisotopic (exact) mass is 262 g/mol. The molecule has 3 nitrogen and oxygen atoms in total. The number of carbonyl (C=O) groups is 1. The number of carbonyl (C=O) groups excluding carboxylic acids is 1. The van der Waals surface area contributed by atoms with E-state index in [4.69, 9.17) is 5.73 Å². The van der Waals surface area contributed by atoms with Gasteiger partial charge in [-0.05, 0) is 30.4 Å². The molecule has 1 unspecified atom stereocenters. The van der Waals surface area contributed by atoms with E-state index in [2.05, 4.69) is 38.1 Å². The molecular weight excluding hydrogens is 236 g/mol. The van der Waals surface area contributed by atoms with Crippen LogP contribution in [0.2, 0.25) is 0 Å². The van der Waals surface area contributed by atoms with E-state index in [-0.39, 0.29) is 11.9 Å². The minimum absolute atomic E-state index is 0.0858. The van der Waals surface area contributed by atoms with Crippen molar-refractivity contribution in [2.24, 2.45) is 5.73 Å². The molecule has 0 aliphatic rings. The Balaban J connectivity index is 2.51. The number of amides is 1. The van der Waals surface area contributed by atoms with Crippen molar-refractivity contribution in [1.29, 1.82) is 0 Å². The molecule has 0 spiro atoms. The number of benzene rings is 1. The van der Waals surface area contributed by atoms with Crippen LogP contribution >= 0.6 is 0 Å². The second-order valence-corrected chi connectivity index (χ2v) is 5.66. The summed E-state index contributed by atoms with van der Waals surface area (Å²) in [5.74, 6) is 0.699. The molecule has 1 atom stereocenters. The maximum Gasteiger partial charge on any atom is 0.222 e. The predicted molar refractivity (Wildman–Crippen MR) is 79.9 cm³/mol. The molecule has 1 rings (SSSR count). The Hall–Kier alpha value is -1.35. The van der Waals surface area contributed by atoms with E-state index in [9.17, 15) is 4.79 Å². The first-order valence-electron chi connectivity index (χ1n) is 6.98. The minimum atomic E-state index is 0.0858. The molecule has 1 aromatic carbocycles. The Morgan fingerprint density at radius 2 is 1.79 bits per heavy atom. The van der Waals surface area contributed by atoms with Crippen molar-refractivity contribution in [2.45, 2.75) is 52.1 Å². The van der Waals surface area contributed by atoms with Crippen LogP contribution in [0.5, 0.6) is 0 Å². The second-order valence-electron chi connectivity index (χ2n) is 5.66. The lowest BCUT2D eigenvalue weighted by atomic mass is 10.0. The molecule has 0 heterocycles. The van der Waals surface area contributed by atoms with Crippen molar-refractivity contribution in [3.63, 3.8) is 0 Å². The SMILES string of the molecule is CC(N)CCC(=O)N(C)Cc1ccc(C(C)C)cc1. The Morgan fingerprint density at radius 1 is 1.21 bits per heavy atom. The first kappa shape index (κ1) is 15.7. The van der Waals surface area contributed by atoms with Gasteiger partial charge in [0.05, 0.1) is 0 Å². The highest BCUT2D eigenvalue weighted by Gasteiger charge is 2.10. The summed E-state index contributed by atoms with van der Waals surface area (Å²) in [6.45, 7) is 6.95. The topological polar surface area (TPSA) is 46.3 Å². The van der Waals surface area contributed by atoms with Gasteiger partial charge in [-0.15, -0.1) is 0 Å². The summed E-state index contributed by atoms with van der Waals surface area (Å²) in [6, 6.07) is 8.57. The number of hydrogen-bond acceptors (Lipinski definition) is 2. The highest BCUT2D eigenvalue weighted by molar-refractivity contribution is 5.75. The molecule has 106 valence electrons. The molecule has 0 saturated heterocycles. The lowest BCUT2D eigenvalue weighted by molar-refractivity contribution is -0.130. The third-order valence-corrected chi connectivity index (χ3v) is 3.31. The fraction of sp³-hybridized carbons (Fsp3) is 0.562. The van der Waals surface area contributed by atoms with Gasteiger partial charge in [0.2, 0.25) is 5.91 Å². The van der Waals surface area contributed by atoms with E-state index in [1.54, 1.807) is 4.90 Å². The van der Waals surface area contributed by atoms with Crippen LogP contribution in [-0.4, -0.2) is 23.9 Å². The van der Waals surface area contributed by atoms with E-state index in [0.717, 1.165) is 6.42 Å². The van der Waals surface area contributed by atoms with Crippen molar-refractivity contribution in [1.82, 2.24) is 4.90 Å². The molecule has 0 bridgehead atoms. The molecule has 0 aliphatic carbocycles. The van der Waals surface area contributed by atoms with Gasteiger partial charge in [-0.25, -0.2) is 0 Å². The number of nitrogens with two attached hydrogens (primary N) is 1. The van der Waals surface area contributed by atoms with Crippen LogP contribution in [0.1, 0.15) is 50.7 Å². The first-order chi connectivity index (χ1) is 8.90. The highest BCUT2D eigenvalue weighted by Crippen LogP contribution is 2.15. The normalized spacial score (nSPS) is 12.5. The molecule has 2 N–H and O–H groups in total. The van der Waals surface area contributed by atoms with Crippen molar-refractivity contribution in [3.8, 4) is 0 Å². The molecule has 1 amide bonds. The lowest BCUT2D eigenvalue weighted by Gasteiger charge is -2.18. The van der Waals surface area contributed by atoms with Crippen LogP contribution < -0.4 is 5.73 Å². The van der Waals surface area contributed by atoms with Gasteiger partial charge in [0.25, 0.3) is 0 Å². The third-order valence-electron chi connectivity index (χ3n) is 3.31. The van der Waals surface area contributed by atoms with Crippen molar-refractivity contribution >= 4 is 5.91 Å². The van der Waals surface area contributed by atoms with Gasteiger partial charge in [-0.2, -0.15) is 0 Å². The van der Waals surface area contributed by atoms with E-state index >= 15 is 0 Å². The fourth-order valence-corrected chi connectivity index (χ4v) is 1.91. The van der Waals surface area contributed by atoms with Crippen LogP contribution in [0.15, 0.2) is 24.3 Å². The molecule has 0 aliphatic heterocycles. The predicted octanol–water partition coefficient (Wildman–Crippen LogP) is 2.90. The van der Waals surface area contributed by atoms with Gasteiger partial charge in [0, 0.05) is 26.1 Å². The largest absolute Gasteiger partial charge is 0.341 e. The third kappa shape index (κ3) is 5.43. The van der Waals surface area contributed by atoms with Gasteiger partial charge in [-0.3, -0.25) is 4.79 Å². The average molecular weight is 262 g/mol. The summed E-state index contributed by atoms with van der Waals surface area (Å²) < 4.78 is 0.